The number of benzene rings is 1. The van der Waals surface area contributed by atoms with E-state index in [1.54, 1.807) is 16.8 Å². The third-order valence-corrected chi connectivity index (χ3v) is 5.17. The Bertz CT molecular complexity index is 752. The summed E-state index contributed by atoms with van der Waals surface area (Å²) in [5, 5.41) is 12.4. The van der Waals surface area contributed by atoms with Crippen LogP contribution in [0.25, 0.3) is 0 Å². The smallest absolute Gasteiger partial charge is 0.220 e. The molecule has 1 aliphatic rings. The normalized spacial score (nSPS) is 17.3. The monoisotopic (exact) mass is 374 g/mol. The molecule has 0 aliphatic carbocycles. The fraction of sp³-hybridized carbons (Fsp3) is 0.579. The first kappa shape index (κ1) is 19.4. The number of aromatic nitrogens is 4. The zero-order valence-corrected chi connectivity index (χ0v) is 15.9. The number of hydrogen-bond acceptors (Lipinski definition) is 5. The van der Waals surface area contributed by atoms with Crippen molar-refractivity contribution in [3.05, 3.63) is 41.5 Å². The number of likely N-dealkylation sites (tertiary alicyclic amines) is 1. The van der Waals surface area contributed by atoms with Gasteiger partial charge < -0.3 is 5.73 Å². The standard InChI is InChI=1S/C19H27FN6O/c1-13(2)11-17(25-9-7-15(8-10-25)18(21)27)19-22-23-24-26(19)12-14-3-5-16(20)6-4-14/h3-6,13,15,17H,7-12H2,1-2H3,(H2,21,27)/t17-/m0/s1. The van der Waals surface area contributed by atoms with Gasteiger partial charge in [-0.1, -0.05) is 26.0 Å². The predicted molar refractivity (Wildman–Crippen MR) is 99.0 cm³/mol. The topological polar surface area (TPSA) is 89.9 Å². The Morgan fingerprint density at radius 2 is 1.93 bits per heavy atom. The molecule has 3 rings (SSSR count). The number of nitrogens with zero attached hydrogens (tertiary/aromatic N) is 5. The van der Waals surface area contributed by atoms with Crippen LogP contribution in [0.1, 0.15) is 50.5 Å². The zero-order chi connectivity index (χ0) is 19.4. The molecule has 27 heavy (non-hydrogen) atoms. The number of tetrazole rings is 1. The second-order valence-electron chi connectivity index (χ2n) is 7.68. The highest BCUT2D eigenvalue weighted by atomic mass is 19.1. The summed E-state index contributed by atoms with van der Waals surface area (Å²) in [6.07, 6.45) is 2.46. The summed E-state index contributed by atoms with van der Waals surface area (Å²) in [5.41, 5.74) is 6.41. The maximum absolute atomic E-state index is 13.2. The maximum Gasteiger partial charge on any atom is 0.220 e. The third kappa shape index (κ3) is 4.88. The van der Waals surface area contributed by atoms with Crippen LogP contribution in [0, 0.1) is 17.7 Å². The van der Waals surface area contributed by atoms with Crippen LogP contribution in [0.5, 0.6) is 0 Å². The number of nitrogens with two attached hydrogens (primary N) is 1. The van der Waals surface area contributed by atoms with Gasteiger partial charge in [-0.05, 0) is 66.4 Å². The van der Waals surface area contributed by atoms with E-state index in [4.69, 9.17) is 5.73 Å². The summed E-state index contributed by atoms with van der Waals surface area (Å²) in [4.78, 5) is 13.8. The lowest BCUT2D eigenvalue weighted by molar-refractivity contribution is -0.123. The highest BCUT2D eigenvalue weighted by molar-refractivity contribution is 5.76. The van der Waals surface area contributed by atoms with Gasteiger partial charge in [0.2, 0.25) is 5.91 Å². The van der Waals surface area contributed by atoms with Gasteiger partial charge in [-0.15, -0.1) is 5.10 Å². The van der Waals surface area contributed by atoms with Gasteiger partial charge in [0, 0.05) is 5.92 Å². The van der Waals surface area contributed by atoms with E-state index in [0.717, 1.165) is 43.7 Å². The van der Waals surface area contributed by atoms with E-state index in [0.29, 0.717) is 12.5 Å². The van der Waals surface area contributed by atoms with Crippen LogP contribution >= 0.6 is 0 Å². The lowest BCUT2D eigenvalue weighted by atomic mass is 9.93. The minimum Gasteiger partial charge on any atom is -0.369 e. The quantitative estimate of drug-likeness (QED) is 0.802. The molecule has 0 unspecified atom stereocenters. The number of hydrogen-bond donors (Lipinski definition) is 1. The minimum absolute atomic E-state index is 0.0452. The van der Waals surface area contributed by atoms with Crippen molar-refractivity contribution in [1.82, 2.24) is 25.1 Å². The number of amides is 1. The molecule has 2 N–H and O–H groups in total. The van der Waals surface area contributed by atoms with Gasteiger partial charge in [0.15, 0.2) is 5.82 Å². The molecule has 1 aromatic heterocycles. The van der Waals surface area contributed by atoms with E-state index >= 15 is 0 Å². The molecule has 2 aromatic rings. The molecular formula is C19H27FN6O. The average molecular weight is 374 g/mol. The van der Waals surface area contributed by atoms with E-state index in [9.17, 15) is 9.18 Å². The van der Waals surface area contributed by atoms with Gasteiger partial charge in [-0.3, -0.25) is 9.69 Å². The van der Waals surface area contributed by atoms with E-state index in [1.807, 2.05) is 0 Å². The second kappa shape index (κ2) is 8.56. The van der Waals surface area contributed by atoms with Crippen molar-refractivity contribution in [1.29, 1.82) is 0 Å². The first-order chi connectivity index (χ1) is 12.9. The van der Waals surface area contributed by atoms with Crippen molar-refractivity contribution >= 4 is 5.91 Å². The van der Waals surface area contributed by atoms with Crippen molar-refractivity contribution in [3.8, 4) is 0 Å². The number of carbonyl (C=O) groups is 1. The van der Waals surface area contributed by atoms with E-state index in [-0.39, 0.29) is 23.7 Å². The lowest BCUT2D eigenvalue weighted by Crippen LogP contribution is -2.41. The molecule has 8 heteroatoms. The second-order valence-corrected chi connectivity index (χ2v) is 7.68. The Morgan fingerprint density at radius 3 is 2.52 bits per heavy atom. The van der Waals surface area contributed by atoms with Crippen LogP contribution in [-0.4, -0.2) is 44.1 Å². The van der Waals surface area contributed by atoms with Crippen molar-refractivity contribution < 1.29 is 9.18 Å². The molecule has 2 heterocycles. The Kier molecular flexibility index (Phi) is 6.15. The summed E-state index contributed by atoms with van der Waals surface area (Å²) in [7, 11) is 0. The van der Waals surface area contributed by atoms with Gasteiger partial charge in [0.25, 0.3) is 0 Å². The first-order valence-electron chi connectivity index (χ1n) is 9.48. The van der Waals surface area contributed by atoms with Gasteiger partial charge >= 0.3 is 0 Å². The molecule has 1 fully saturated rings. The third-order valence-electron chi connectivity index (χ3n) is 5.17. The Balaban J connectivity index is 1.78. The number of rotatable bonds is 7. The highest BCUT2D eigenvalue weighted by Crippen LogP contribution is 2.30. The van der Waals surface area contributed by atoms with Crippen molar-refractivity contribution in [2.24, 2.45) is 17.6 Å². The van der Waals surface area contributed by atoms with Crippen LogP contribution in [-0.2, 0) is 11.3 Å². The van der Waals surface area contributed by atoms with Gasteiger partial charge in [0.1, 0.15) is 5.82 Å². The molecule has 0 spiro atoms. The van der Waals surface area contributed by atoms with Crippen molar-refractivity contribution in [2.75, 3.05) is 13.1 Å². The van der Waals surface area contributed by atoms with Gasteiger partial charge in [0.05, 0.1) is 12.6 Å². The van der Waals surface area contributed by atoms with E-state index < -0.39 is 0 Å². The Morgan fingerprint density at radius 1 is 1.26 bits per heavy atom. The molecule has 1 aromatic carbocycles. The van der Waals surface area contributed by atoms with E-state index in [1.165, 1.54) is 12.1 Å². The summed E-state index contributed by atoms with van der Waals surface area (Å²) >= 11 is 0. The first-order valence-corrected chi connectivity index (χ1v) is 9.48. The number of halogens is 1. The van der Waals surface area contributed by atoms with E-state index in [2.05, 4.69) is 34.3 Å². The average Bonchev–Trinajstić information content (AvgIpc) is 3.09. The van der Waals surface area contributed by atoms with Gasteiger partial charge in [-0.2, -0.15) is 0 Å². The Labute approximate surface area is 158 Å². The number of carbonyl (C=O) groups excluding carboxylic acids is 1. The van der Waals surface area contributed by atoms with Crippen LogP contribution in [0.4, 0.5) is 4.39 Å². The summed E-state index contributed by atoms with van der Waals surface area (Å²) < 4.78 is 15.0. The SMILES string of the molecule is CC(C)C[C@@H](c1nnnn1Cc1ccc(F)cc1)N1CCC(C(N)=O)CC1. The fourth-order valence-corrected chi connectivity index (χ4v) is 3.69. The zero-order valence-electron chi connectivity index (χ0n) is 15.9. The van der Waals surface area contributed by atoms with Crippen molar-refractivity contribution in [2.45, 2.75) is 45.7 Å². The molecular weight excluding hydrogens is 347 g/mol. The molecule has 1 atom stereocenters. The summed E-state index contributed by atoms with van der Waals surface area (Å²) in [6, 6.07) is 6.46. The molecule has 1 saturated heterocycles. The molecule has 7 nitrogen and oxygen atoms in total. The number of piperidine rings is 1. The van der Waals surface area contributed by atoms with Crippen LogP contribution in [0.3, 0.4) is 0 Å². The predicted octanol–water partition coefficient (Wildman–Crippen LogP) is 2.14. The molecule has 0 bridgehead atoms. The molecule has 146 valence electrons. The van der Waals surface area contributed by atoms with Gasteiger partial charge in [-0.25, -0.2) is 9.07 Å². The lowest BCUT2D eigenvalue weighted by Gasteiger charge is -2.36. The molecule has 1 amide bonds. The summed E-state index contributed by atoms with van der Waals surface area (Å²) in [5.74, 6) is 0.767. The summed E-state index contributed by atoms with van der Waals surface area (Å²) in [6.45, 7) is 6.45. The van der Waals surface area contributed by atoms with Crippen LogP contribution in [0.2, 0.25) is 0 Å². The van der Waals surface area contributed by atoms with Crippen LogP contribution < -0.4 is 5.73 Å². The van der Waals surface area contributed by atoms with Crippen LogP contribution in [0.15, 0.2) is 24.3 Å². The molecule has 1 aliphatic heterocycles. The molecule has 0 radical (unpaired) electrons. The largest absolute Gasteiger partial charge is 0.369 e. The maximum atomic E-state index is 13.2. The highest BCUT2D eigenvalue weighted by Gasteiger charge is 2.31. The molecule has 0 saturated carbocycles. The minimum atomic E-state index is -0.259. The Hall–Kier alpha value is -2.35. The van der Waals surface area contributed by atoms with Crippen molar-refractivity contribution in [3.63, 3.8) is 0 Å². The fourth-order valence-electron chi connectivity index (χ4n) is 3.69. The number of primary amides is 1.